The second kappa shape index (κ2) is 6.72. The van der Waals surface area contributed by atoms with E-state index in [2.05, 4.69) is 15.0 Å². The maximum atomic E-state index is 12.0. The van der Waals surface area contributed by atoms with Crippen molar-refractivity contribution in [3.05, 3.63) is 18.0 Å². The molecular weight excluding hydrogens is 282 g/mol. The molecule has 1 fully saturated rings. The average Bonchev–Trinajstić information content (AvgIpc) is 2.44. The first kappa shape index (κ1) is 16.2. The lowest BCUT2D eigenvalue weighted by Crippen LogP contribution is -2.42. The number of aromatic nitrogens is 2. The minimum atomic E-state index is -0.459. The largest absolute Gasteiger partial charge is 0.444 e. The lowest BCUT2D eigenvalue weighted by Gasteiger charge is -2.32. The van der Waals surface area contributed by atoms with Crippen LogP contribution in [0.3, 0.4) is 0 Å². The molecule has 0 radical (unpaired) electrons. The number of nitrogens with two attached hydrogens (primary N) is 1. The van der Waals surface area contributed by atoms with E-state index >= 15 is 0 Å². The van der Waals surface area contributed by atoms with E-state index in [4.69, 9.17) is 10.5 Å². The summed E-state index contributed by atoms with van der Waals surface area (Å²) in [4.78, 5) is 26.1. The molecular formula is C15H23N5O2. The van der Waals surface area contributed by atoms with Crippen molar-refractivity contribution in [1.29, 1.82) is 0 Å². The van der Waals surface area contributed by atoms with E-state index in [9.17, 15) is 4.79 Å². The number of aliphatic imine (C=N–C) groups is 1. The Bertz CT molecular complexity index is 545. The average molecular weight is 305 g/mol. The van der Waals surface area contributed by atoms with E-state index in [0.29, 0.717) is 18.8 Å². The van der Waals surface area contributed by atoms with E-state index in [1.54, 1.807) is 23.4 Å². The highest BCUT2D eigenvalue weighted by Crippen LogP contribution is 2.17. The molecule has 1 aromatic rings. The van der Waals surface area contributed by atoms with Crippen LogP contribution in [-0.2, 0) is 4.74 Å². The molecule has 2 rings (SSSR count). The fourth-order valence-electron chi connectivity index (χ4n) is 2.17. The number of nitrogen functional groups attached to an aromatic ring is 1. The Morgan fingerprint density at radius 3 is 2.73 bits per heavy atom. The number of carbonyl (C=O) groups is 1. The van der Waals surface area contributed by atoms with Crippen LogP contribution in [0.2, 0.25) is 0 Å². The van der Waals surface area contributed by atoms with Crippen LogP contribution in [0.25, 0.3) is 0 Å². The van der Waals surface area contributed by atoms with Crippen LogP contribution in [0, 0.1) is 0 Å². The lowest BCUT2D eigenvalue weighted by molar-refractivity contribution is 0.0207. The highest BCUT2D eigenvalue weighted by molar-refractivity contribution is 5.77. The van der Waals surface area contributed by atoms with Gasteiger partial charge in [0.25, 0.3) is 0 Å². The highest BCUT2D eigenvalue weighted by atomic mass is 16.6. The monoisotopic (exact) mass is 305 g/mol. The fraction of sp³-hybridized carbons (Fsp3) is 0.600. The third kappa shape index (κ3) is 4.98. The zero-order chi connectivity index (χ0) is 16.2. The molecule has 0 aliphatic carbocycles. The van der Waals surface area contributed by atoms with Gasteiger partial charge in [0.2, 0.25) is 5.95 Å². The number of ether oxygens (including phenoxy) is 1. The van der Waals surface area contributed by atoms with Crippen LogP contribution in [0.4, 0.5) is 10.7 Å². The fourth-order valence-corrected chi connectivity index (χ4v) is 2.17. The van der Waals surface area contributed by atoms with E-state index < -0.39 is 5.60 Å². The molecule has 1 aliphatic rings. The molecule has 0 saturated carbocycles. The van der Waals surface area contributed by atoms with E-state index in [1.807, 2.05) is 20.8 Å². The van der Waals surface area contributed by atoms with Gasteiger partial charge in [-0.3, -0.25) is 4.99 Å². The molecule has 7 heteroatoms. The predicted molar refractivity (Wildman–Crippen MR) is 84.9 cm³/mol. The summed E-state index contributed by atoms with van der Waals surface area (Å²) in [6.45, 7) is 6.92. The molecule has 1 saturated heterocycles. The molecule has 1 amide bonds. The topological polar surface area (TPSA) is 93.7 Å². The van der Waals surface area contributed by atoms with Crippen molar-refractivity contribution in [2.75, 3.05) is 18.8 Å². The third-order valence-corrected chi connectivity index (χ3v) is 3.23. The van der Waals surface area contributed by atoms with Crippen molar-refractivity contribution in [2.24, 2.45) is 4.99 Å². The predicted octanol–water partition coefficient (Wildman–Crippen LogP) is 1.88. The maximum Gasteiger partial charge on any atom is 0.410 e. The number of hydrogen-bond acceptors (Lipinski definition) is 6. The molecule has 0 atom stereocenters. The second-order valence-electron chi connectivity index (χ2n) is 6.32. The molecule has 0 unspecified atom stereocenters. The number of nitrogens with zero attached hydrogens (tertiary/aromatic N) is 4. The Kier molecular flexibility index (Phi) is 4.95. The zero-order valence-electron chi connectivity index (χ0n) is 13.3. The maximum absolute atomic E-state index is 12.0. The second-order valence-corrected chi connectivity index (χ2v) is 6.32. The van der Waals surface area contributed by atoms with E-state index in [-0.39, 0.29) is 18.1 Å². The van der Waals surface area contributed by atoms with Crippen molar-refractivity contribution in [3.63, 3.8) is 0 Å². The number of amides is 1. The zero-order valence-corrected chi connectivity index (χ0v) is 13.3. The van der Waals surface area contributed by atoms with Crippen LogP contribution in [-0.4, -0.2) is 51.9 Å². The van der Waals surface area contributed by atoms with Gasteiger partial charge in [-0.1, -0.05) is 0 Å². The smallest absolute Gasteiger partial charge is 0.410 e. The van der Waals surface area contributed by atoms with Crippen LogP contribution >= 0.6 is 0 Å². The molecule has 0 aromatic carbocycles. The number of piperidine rings is 1. The number of carbonyl (C=O) groups excluding carboxylic acids is 1. The third-order valence-electron chi connectivity index (χ3n) is 3.23. The van der Waals surface area contributed by atoms with Crippen LogP contribution < -0.4 is 5.73 Å². The molecule has 1 aliphatic heterocycles. The summed E-state index contributed by atoms with van der Waals surface area (Å²) < 4.78 is 5.37. The Morgan fingerprint density at radius 2 is 2.14 bits per heavy atom. The molecule has 2 N–H and O–H groups in total. The minimum absolute atomic E-state index is 0.190. The van der Waals surface area contributed by atoms with Crippen LogP contribution in [0.15, 0.2) is 17.3 Å². The van der Waals surface area contributed by atoms with Gasteiger partial charge in [0, 0.05) is 25.5 Å². The Hall–Kier alpha value is -2.18. The van der Waals surface area contributed by atoms with Crippen LogP contribution in [0.1, 0.15) is 39.3 Å². The van der Waals surface area contributed by atoms with Gasteiger partial charge < -0.3 is 15.4 Å². The molecule has 0 bridgehead atoms. The summed E-state index contributed by atoms with van der Waals surface area (Å²) in [6.07, 6.45) is 4.70. The number of anilines is 1. The van der Waals surface area contributed by atoms with Crippen molar-refractivity contribution < 1.29 is 9.53 Å². The van der Waals surface area contributed by atoms with Crippen molar-refractivity contribution in [3.8, 4) is 0 Å². The molecule has 2 heterocycles. The van der Waals surface area contributed by atoms with Gasteiger partial charge in [0.05, 0.1) is 11.7 Å². The van der Waals surface area contributed by atoms with E-state index in [1.165, 1.54) is 0 Å². The summed E-state index contributed by atoms with van der Waals surface area (Å²) in [5.74, 6) is 0.240. The van der Waals surface area contributed by atoms with Crippen molar-refractivity contribution in [1.82, 2.24) is 14.9 Å². The van der Waals surface area contributed by atoms with Gasteiger partial charge in [0.15, 0.2) is 0 Å². The summed E-state index contributed by atoms with van der Waals surface area (Å²) in [5, 5.41) is 0. The Morgan fingerprint density at radius 1 is 1.45 bits per heavy atom. The molecule has 120 valence electrons. The SMILES string of the molecule is CC(C)(C)OC(=O)N1CCC(N=Cc2ccnc(N)n2)CC1. The first-order valence-electron chi connectivity index (χ1n) is 7.43. The highest BCUT2D eigenvalue weighted by Gasteiger charge is 2.26. The van der Waals surface area contributed by atoms with Gasteiger partial charge in [-0.2, -0.15) is 0 Å². The normalized spacial score (nSPS) is 17.0. The molecule has 0 spiro atoms. The summed E-state index contributed by atoms with van der Waals surface area (Å²) in [7, 11) is 0. The summed E-state index contributed by atoms with van der Waals surface area (Å²) >= 11 is 0. The van der Waals surface area contributed by atoms with Gasteiger partial charge >= 0.3 is 6.09 Å². The van der Waals surface area contributed by atoms with Gasteiger partial charge in [-0.15, -0.1) is 0 Å². The quantitative estimate of drug-likeness (QED) is 0.842. The minimum Gasteiger partial charge on any atom is -0.444 e. The van der Waals surface area contributed by atoms with Crippen molar-refractivity contribution >= 4 is 18.3 Å². The Labute approximate surface area is 130 Å². The van der Waals surface area contributed by atoms with E-state index in [0.717, 1.165) is 12.8 Å². The summed E-state index contributed by atoms with van der Waals surface area (Å²) in [5.41, 5.74) is 5.76. The van der Waals surface area contributed by atoms with Gasteiger partial charge in [-0.25, -0.2) is 14.8 Å². The molecule has 1 aromatic heterocycles. The van der Waals surface area contributed by atoms with Crippen LogP contribution in [0.5, 0.6) is 0 Å². The number of rotatable bonds is 2. The first-order valence-corrected chi connectivity index (χ1v) is 7.43. The van der Waals surface area contributed by atoms with Crippen molar-refractivity contribution in [2.45, 2.75) is 45.3 Å². The molecule has 22 heavy (non-hydrogen) atoms. The summed E-state index contributed by atoms with van der Waals surface area (Å²) in [6, 6.07) is 1.95. The first-order chi connectivity index (χ1) is 10.3. The van der Waals surface area contributed by atoms with Gasteiger partial charge in [-0.05, 0) is 39.7 Å². The Balaban J connectivity index is 1.83. The van der Waals surface area contributed by atoms with Gasteiger partial charge in [0.1, 0.15) is 5.60 Å². The number of hydrogen-bond donors (Lipinski definition) is 1. The standard InChI is InChI=1S/C15H23N5O2/c1-15(2,3)22-14(21)20-8-5-11(6-9-20)18-10-12-4-7-17-13(16)19-12/h4,7,10-11H,5-6,8-9H2,1-3H3,(H2,16,17,19). The lowest BCUT2D eigenvalue weighted by atomic mass is 10.1. The molecule has 7 nitrogen and oxygen atoms in total. The number of likely N-dealkylation sites (tertiary alicyclic amines) is 1.